The Morgan fingerprint density at radius 1 is 1.12 bits per heavy atom. The van der Waals surface area contributed by atoms with E-state index in [9.17, 15) is 9.59 Å². The van der Waals surface area contributed by atoms with E-state index >= 15 is 0 Å². The summed E-state index contributed by atoms with van der Waals surface area (Å²) in [7, 11) is 0. The summed E-state index contributed by atoms with van der Waals surface area (Å²) in [4.78, 5) is 27.1. The van der Waals surface area contributed by atoms with Crippen LogP contribution in [-0.4, -0.2) is 21.4 Å². The van der Waals surface area contributed by atoms with Crippen LogP contribution in [-0.2, 0) is 22.6 Å². The molecule has 0 fully saturated rings. The summed E-state index contributed by atoms with van der Waals surface area (Å²) in [5.74, 6) is 0.272. The number of imidazole rings is 1. The average Bonchev–Trinajstić information content (AvgIpc) is 2.86. The molecule has 0 spiro atoms. The monoisotopic (exact) mass is 322 g/mol. The highest BCUT2D eigenvalue weighted by Gasteiger charge is 2.12. The molecule has 122 valence electrons. The number of rotatable bonds is 5. The van der Waals surface area contributed by atoms with Gasteiger partial charge >= 0.3 is 0 Å². The molecule has 0 saturated heterocycles. The zero-order valence-corrected chi connectivity index (χ0v) is 13.3. The van der Waals surface area contributed by atoms with Crippen molar-refractivity contribution in [3.8, 4) is 0 Å². The van der Waals surface area contributed by atoms with E-state index in [1.807, 2.05) is 53.1 Å². The lowest BCUT2D eigenvalue weighted by molar-refractivity contribution is -0.118. The van der Waals surface area contributed by atoms with E-state index in [2.05, 4.69) is 10.3 Å². The highest BCUT2D eigenvalue weighted by atomic mass is 16.1. The lowest BCUT2D eigenvalue weighted by Gasteiger charge is -2.08. The second-order valence-corrected chi connectivity index (χ2v) is 5.62. The van der Waals surface area contributed by atoms with Crippen molar-refractivity contribution in [2.75, 3.05) is 5.32 Å². The van der Waals surface area contributed by atoms with Crippen LogP contribution in [0.5, 0.6) is 0 Å². The quantitative estimate of drug-likeness (QED) is 0.753. The van der Waals surface area contributed by atoms with Crippen molar-refractivity contribution in [2.45, 2.75) is 19.9 Å². The minimum Gasteiger partial charge on any atom is -0.368 e. The lowest BCUT2D eigenvalue weighted by Crippen LogP contribution is -2.20. The Balaban J connectivity index is 1.91. The number of fused-ring (bicyclic) bond motifs is 1. The third-order valence-electron chi connectivity index (χ3n) is 3.68. The highest BCUT2D eigenvalue weighted by molar-refractivity contribution is 5.88. The van der Waals surface area contributed by atoms with Gasteiger partial charge in [0.25, 0.3) is 0 Å². The number of hydrogen-bond donors (Lipinski definition) is 2. The second-order valence-electron chi connectivity index (χ2n) is 5.62. The van der Waals surface area contributed by atoms with Gasteiger partial charge in [-0.15, -0.1) is 0 Å². The molecule has 2 aromatic carbocycles. The molecule has 0 unspecified atom stereocenters. The van der Waals surface area contributed by atoms with Crippen LogP contribution in [0.1, 0.15) is 18.3 Å². The van der Waals surface area contributed by atoms with Crippen molar-refractivity contribution in [1.29, 1.82) is 0 Å². The van der Waals surface area contributed by atoms with Crippen LogP contribution >= 0.6 is 0 Å². The fraction of sp³-hybridized carbons (Fsp3) is 0.167. The largest absolute Gasteiger partial charge is 0.368 e. The molecule has 3 N–H and O–H groups in total. The van der Waals surface area contributed by atoms with Crippen LogP contribution in [0.25, 0.3) is 11.0 Å². The average molecular weight is 322 g/mol. The Kier molecular flexibility index (Phi) is 4.29. The molecule has 0 saturated carbocycles. The fourth-order valence-corrected chi connectivity index (χ4v) is 2.68. The Bertz CT molecular complexity index is 897. The van der Waals surface area contributed by atoms with Gasteiger partial charge in [0.1, 0.15) is 12.4 Å². The number of para-hydroxylation sites is 2. The predicted molar refractivity (Wildman–Crippen MR) is 92.5 cm³/mol. The van der Waals surface area contributed by atoms with Crippen molar-refractivity contribution in [1.82, 2.24) is 9.55 Å². The number of hydrogen-bond acceptors (Lipinski definition) is 3. The maximum absolute atomic E-state index is 11.4. The molecular formula is C18H18N4O2. The Morgan fingerprint density at radius 3 is 2.50 bits per heavy atom. The highest BCUT2D eigenvalue weighted by Crippen LogP contribution is 2.19. The van der Waals surface area contributed by atoms with Crippen molar-refractivity contribution < 1.29 is 9.59 Å². The number of primary amides is 1. The molecule has 0 aliphatic rings. The SMILES string of the molecule is CC(=O)Nc1ccc(Cc2nc3ccccc3n2CC(N)=O)cc1. The molecule has 6 heteroatoms. The molecule has 0 aliphatic carbocycles. The van der Waals surface area contributed by atoms with Gasteiger partial charge in [-0.2, -0.15) is 0 Å². The summed E-state index contributed by atoms with van der Waals surface area (Å²) in [6.45, 7) is 1.57. The first-order chi connectivity index (χ1) is 11.5. The third kappa shape index (κ3) is 3.43. The number of amides is 2. The summed E-state index contributed by atoms with van der Waals surface area (Å²) in [6, 6.07) is 15.2. The van der Waals surface area contributed by atoms with Crippen LogP contribution < -0.4 is 11.1 Å². The first-order valence-electron chi connectivity index (χ1n) is 7.62. The van der Waals surface area contributed by atoms with Crippen molar-refractivity contribution in [3.05, 3.63) is 59.9 Å². The van der Waals surface area contributed by atoms with Crippen LogP contribution in [0.4, 0.5) is 5.69 Å². The molecule has 1 aromatic heterocycles. The van der Waals surface area contributed by atoms with Crippen molar-refractivity contribution in [2.24, 2.45) is 5.73 Å². The van der Waals surface area contributed by atoms with E-state index in [1.165, 1.54) is 6.92 Å². The fourth-order valence-electron chi connectivity index (χ4n) is 2.68. The standard InChI is InChI=1S/C18H18N4O2/c1-12(23)20-14-8-6-13(7-9-14)10-18-21-15-4-2-3-5-16(15)22(18)11-17(19)24/h2-9H,10-11H2,1H3,(H2,19,24)(H,20,23). The molecule has 6 nitrogen and oxygen atoms in total. The van der Waals surface area contributed by atoms with Crippen LogP contribution in [0.15, 0.2) is 48.5 Å². The van der Waals surface area contributed by atoms with Gasteiger partial charge in [-0.1, -0.05) is 24.3 Å². The number of benzene rings is 2. The summed E-state index contributed by atoms with van der Waals surface area (Å²) < 4.78 is 1.85. The Morgan fingerprint density at radius 2 is 1.83 bits per heavy atom. The Hall–Kier alpha value is -3.15. The summed E-state index contributed by atoms with van der Waals surface area (Å²) >= 11 is 0. The van der Waals surface area contributed by atoms with Gasteiger partial charge in [-0.05, 0) is 29.8 Å². The number of nitrogens with zero attached hydrogens (tertiary/aromatic N) is 2. The zero-order chi connectivity index (χ0) is 17.1. The number of anilines is 1. The van der Waals surface area contributed by atoms with Gasteiger partial charge in [0.2, 0.25) is 11.8 Å². The number of carbonyl (C=O) groups excluding carboxylic acids is 2. The van der Waals surface area contributed by atoms with Crippen LogP contribution in [0.3, 0.4) is 0 Å². The van der Waals surface area contributed by atoms with Gasteiger partial charge in [0.15, 0.2) is 0 Å². The molecule has 0 radical (unpaired) electrons. The van der Waals surface area contributed by atoms with Gasteiger partial charge < -0.3 is 15.6 Å². The molecule has 0 aliphatic heterocycles. The molecule has 2 amide bonds. The molecule has 24 heavy (non-hydrogen) atoms. The number of aromatic nitrogens is 2. The zero-order valence-electron chi connectivity index (χ0n) is 13.3. The summed E-state index contributed by atoms with van der Waals surface area (Å²) in [5, 5.41) is 2.73. The van der Waals surface area contributed by atoms with Gasteiger partial charge in [0.05, 0.1) is 11.0 Å². The van der Waals surface area contributed by atoms with Crippen LogP contribution in [0.2, 0.25) is 0 Å². The second kappa shape index (κ2) is 6.54. The third-order valence-corrected chi connectivity index (χ3v) is 3.68. The van der Waals surface area contributed by atoms with E-state index in [0.29, 0.717) is 6.42 Å². The summed E-state index contributed by atoms with van der Waals surface area (Å²) in [6.07, 6.45) is 0.572. The molecule has 1 heterocycles. The minimum atomic E-state index is -0.402. The maximum Gasteiger partial charge on any atom is 0.237 e. The lowest BCUT2D eigenvalue weighted by atomic mass is 10.1. The summed E-state index contributed by atoms with van der Waals surface area (Å²) in [5.41, 5.74) is 8.88. The predicted octanol–water partition coefficient (Wildman–Crippen LogP) is 2.07. The molecule has 3 rings (SSSR count). The van der Waals surface area contributed by atoms with Gasteiger partial charge in [0, 0.05) is 19.0 Å². The van der Waals surface area contributed by atoms with E-state index in [1.54, 1.807) is 0 Å². The number of nitrogens with one attached hydrogen (secondary N) is 1. The maximum atomic E-state index is 11.4. The van der Waals surface area contributed by atoms with Crippen molar-refractivity contribution >= 4 is 28.5 Å². The normalized spacial score (nSPS) is 10.7. The van der Waals surface area contributed by atoms with Gasteiger partial charge in [-0.25, -0.2) is 4.98 Å². The van der Waals surface area contributed by atoms with Crippen LogP contribution in [0, 0.1) is 0 Å². The van der Waals surface area contributed by atoms with Gasteiger partial charge in [-0.3, -0.25) is 9.59 Å². The molecule has 0 bridgehead atoms. The number of nitrogens with two attached hydrogens (primary N) is 1. The first kappa shape index (κ1) is 15.7. The topological polar surface area (TPSA) is 90.0 Å². The smallest absolute Gasteiger partial charge is 0.237 e. The molecule has 3 aromatic rings. The van der Waals surface area contributed by atoms with E-state index in [0.717, 1.165) is 28.1 Å². The van der Waals surface area contributed by atoms with E-state index in [-0.39, 0.29) is 12.5 Å². The van der Waals surface area contributed by atoms with Crippen molar-refractivity contribution in [3.63, 3.8) is 0 Å². The molecule has 0 atom stereocenters. The first-order valence-corrected chi connectivity index (χ1v) is 7.62. The minimum absolute atomic E-state index is 0.0970. The molecular weight excluding hydrogens is 304 g/mol. The van der Waals surface area contributed by atoms with E-state index in [4.69, 9.17) is 5.73 Å². The van der Waals surface area contributed by atoms with E-state index < -0.39 is 5.91 Å². The number of carbonyl (C=O) groups is 2. The Labute approximate surface area is 139 Å².